The summed E-state index contributed by atoms with van der Waals surface area (Å²) in [4.78, 5) is 0. The van der Waals surface area contributed by atoms with Crippen LogP contribution in [0.2, 0.25) is 0 Å². The Balaban J connectivity index is 2.50. The smallest absolute Gasteiger partial charge is 0.134 e. The third-order valence-corrected chi connectivity index (χ3v) is 2.82. The molecule has 0 aliphatic heterocycles. The van der Waals surface area contributed by atoms with E-state index < -0.39 is 0 Å². The molecule has 0 saturated carbocycles. The van der Waals surface area contributed by atoms with E-state index in [1.807, 2.05) is 39.8 Å². The Morgan fingerprint density at radius 1 is 1.24 bits per heavy atom. The third kappa shape index (κ3) is 4.96. The summed E-state index contributed by atoms with van der Waals surface area (Å²) in [5.41, 5.74) is 7.44. The molecule has 17 heavy (non-hydrogen) atoms. The lowest BCUT2D eigenvalue weighted by Gasteiger charge is -2.19. The van der Waals surface area contributed by atoms with Crippen LogP contribution in [0.5, 0.6) is 5.75 Å². The maximum Gasteiger partial charge on any atom is 0.134 e. The van der Waals surface area contributed by atoms with Gasteiger partial charge in [0.1, 0.15) is 12.4 Å². The van der Waals surface area contributed by atoms with Crippen LogP contribution < -0.4 is 10.5 Å². The molecule has 2 N–H and O–H groups in total. The lowest BCUT2D eigenvalue weighted by atomic mass is 10.2. The Labute approximate surface area is 111 Å². The van der Waals surface area contributed by atoms with E-state index >= 15 is 0 Å². The molecule has 4 heteroatoms. The van der Waals surface area contributed by atoms with E-state index in [2.05, 4.69) is 15.9 Å². The number of aryl methyl sites for hydroxylation is 1. The van der Waals surface area contributed by atoms with Gasteiger partial charge in [-0.25, -0.2) is 0 Å². The molecule has 0 heterocycles. The first-order valence-electron chi connectivity index (χ1n) is 5.62. The second kappa shape index (κ2) is 5.74. The summed E-state index contributed by atoms with van der Waals surface area (Å²) < 4.78 is 12.1. The van der Waals surface area contributed by atoms with Crippen molar-refractivity contribution in [3.63, 3.8) is 0 Å². The molecule has 0 amide bonds. The lowest BCUT2D eigenvalue weighted by Crippen LogP contribution is -2.22. The molecular formula is C13H20BrNO2. The van der Waals surface area contributed by atoms with E-state index in [9.17, 15) is 0 Å². The van der Waals surface area contributed by atoms with Crippen molar-refractivity contribution >= 4 is 21.6 Å². The molecule has 1 aromatic rings. The fourth-order valence-electron chi connectivity index (χ4n) is 1.28. The minimum Gasteiger partial charge on any atom is -0.490 e. The summed E-state index contributed by atoms with van der Waals surface area (Å²) >= 11 is 3.43. The minimum absolute atomic E-state index is 0.127. The normalized spacial score (nSPS) is 11.6. The van der Waals surface area contributed by atoms with Crippen molar-refractivity contribution in [1.82, 2.24) is 0 Å². The van der Waals surface area contributed by atoms with Gasteiger partial charge < -0.3 is 15.2 Å². The molecule has 0 aromatic heterocycles. The maximum absolute atomic E-state index is 5.79. The summed E-state index contributed by atoms with van der Waals surface area (Å²) in [6, 6.07) is 3.78. The van der Waals surface area contributed by atoms with Crippen molar-refractivity contribution in [3.05, 3.63) is 22.2 Å². The van der Waals surface area contributed by atoms with Gasteiger partial charge in [0.2, 0.25) is 0 Å². The SMILES string of the molecule is Cc1cc(OCCOC(C)(C)C)c(Br)cc1N. The fourth-order valence-corrected chi connectivity index (χ4v) is 1.76. The van der Waals surface area contributed by atoms with Gasteiger partial charge in [-0.2, -0.15) is 0 Å². The molecule has 1 rings (SSSR count). The first-order chi connectivity index (χ1) is 7.79. The third-order valence-electron chi connectivity index (χ3n) is 2.20. The molecule has 0 spiro atoms. The predicted molar refractivity (Wildman–Crippen MR) is 74.5 cm³/mol. The highest BCUT2D eigenvalue weighted by molar-refractivity contribution is 9.10. The van der Waals surface area contributed by atoms with Crippen LogP contribution in [0, 0.1) is 6.92 Å². The number of hydrogen-bond acceptors (Lipinski definition) is 3. The summed E-state index contributed by atoms with van der Waals surface area (Å²) in [6.07, 6.45) is 0. The van der Waals surface area contributed by atoms with Crippen LogP contribution in [0.4, 0.5) is 5.69 Å². The largest absolute Gasteiger partial charge is 0.490 e. The summed E-state index contributed by atoms with van der Waals surface area (Å²) in [7, 11) is 0. The van der Waals surface area contributed by atoms with Gasteiger partial charge in [-0.05, 0) is 61.3 Å². The molecule has 0 fully saturated rings. The van der Waals surface area contributed by atoms with E-state index in [1.54, 1.807) is 0 Å². The number of hydrogen-bond donors (Lipinski definition) is 1. The molecule has 0 atom stereocenters. The molecule has 0 unspecified atom stereocenters. The molecule has 96 valence electrons. The van der Waals surface area contributed by atoms with E-state index in [-0.39, 0.29) is 5.60 Å². The first-order valence-corrected chi connectivity index (χ1v) is 6.41. The Morgan fingerprint density at radius 2 is 1.88 bits per heavy atom. The van der Waals surface area contributed by atoms with Gasteiger partial charge in [0, 0.05) is 5.69 Å². The van der Waals surface area contributed by atoms with Crippen molar-refractivity contribution in [3.8, 4) is 5.75 Å². The number of rotatable bonds is 4. The second-order valence-corrected chi connectivity index (χ2v) is 5.80. The van der Waals surface area contributed by atoms with Crippen LogP contribution in [0.3, 0.4) is 0 Å². The molecule has 0 aliphatic carbocycles. The highest BCUT2D eigenvalue weighted by atomic mass is 79.9. The Hall–Kier alpha value is -0.740. The standard InChI is InChI=1S/C13H20BrNO2/c1-9-7-12(10(14)8-11(9)15)16-5-6-17-13(2,3)4/h7-8H,5-6,15H2,1-4H3. The first kappa shape index (κ1) is 14.3. The molecule has 0 radical (unpaired) electrons. The highest BCUT2D eigenvalue weighted by Crippen LogP contribution is 2.29. The Kier molecular flexibility index (Phi) is 4.83. The lowest BCUT2D eigenvalue weighted by molar-refractivity contribution is -0.0163. The van der Waals surface area contributed by atoms with Gasteiger partial charge in [0.05, 0.1) is 16.7 Å². The molecule has 3 nitrogen and oxygen atoms in total. The predicted octanol–water partition coefficient (Wildman–Crippen LogP) is 3.53. The Bertz CT molecular complexity index is 386. The van der Waals surface area contributed by atoms with Gasteiger partial charge in [0.25, 0.3) is 0 Å². The zero-order chi connectivity index (χ0) is 13.1. The van der Waals surface area contributed by atoms with Crippen LogP contribution >= 0.6 is 15.9 Å². The summed E-state index contributed by atoms with van der Waals surface area (Å²) in [5.74, 6) is 0.800. The average Bonchev–Trinajstić information content (AvgIpc) is 2.18. The number of ether oxygens (including phenoxy) is 2. The Morgan fingerprint density at radius 3 is 2.47 bits per heavy atom. The van der Waals surface area contributed by atoms with E-state index in [1.165, 1.54) is 0 Å². The van der Waals surface area contributed by atoms with Crippen LogP contribution in [0.25, 0.3) is 0 Å². The zero-order valence-electron chi connectivity index (χ0n) is 10.8. The van der Waals surface area contributed by atoms with Crippen molar-refractivity contribution in [2.45, 2.75) is 33.3 Å². The number of benzene rings is 1. The molecule has 0 saturated heterocycles. The molecular weight excluding hydrogens is 282 g/mol. The fraction of sp³-hybridized carbons (Fsp3) is 0.538. The number of nitrogens with two attached hydrogens (primary N) is 1. The van der Waals surface area contributed by atoms with E-state index in [0.717, 1.165) is 21.5 Å². The molecule has 0 aliphatic rings. The average molecular weight is 302 g/mol. The summed E-state index contributed by atoms with van der Waals surface area (Å²) in [6.45, 7) is 9.13. The van der Waals surface area contributed by atoms with Crippen molar-refractivity contribution in [2.24, 2.45) is 0 Å². The van der Waals surface area contributed by atoms with Crippen LogP contribution in [-0.4, -0.2) is 18.8 Å². The monoisotopic (exact) mass is 301 g/mol. The van der Waals surface area contributed by atoms with Crippen LogP contribution in [-0.2, 0) is 4.74 Å². The van der Waals surface area contributed by atoms with Crippen LogP contribution in [0.1, 0.15) is 26.3 Å². The number of anilines is 1. The summed E-state index contributed by atoms with van der Waals surface area (Å²) in [5, 5.41) is 0. The van der Waals surface area contributed by atoms with Crippen molar-refractivity contribution in [2.75, 3.05) is 18.9 Å². The van der Waals surface area contributed by atoms with Crippen molar-refractivity contribution in [1.29, 1.82) is 0 Å². The van der Waals surface area contributed by atoms with E-state index in [0.29, 0.717) is 13.2 Å². The van der Waals surface area contributed by atoms with Gasteiger partial charge >= 0.3 is 0 Å². The zero-order valence-corrected chi connectivity index (χ0v) is 12.4. The molecule has 1 aromatic carbocycles. The minimum atomic E-state index is -0.127. The molecule has 0 bridgehead atoms. The highest BCUT2D eigenvalue weighted by Gasteiger charge is 2.10. The number of nitrogen functional groups attached to an aromatic ring is 1. The second-order valence-electron chi connectivity index (χ2n) is 4.95. The topological polar surface area (TPSA) is 44.5 Å². The van der Waals surface area contributed by atoms with Gasteiger partial charge in [-0.3, -0.25) is 0 Å². The van der Waals surface area contributed by atoms with E-state index in [4.69, 9.17) is 15.2 Å². The van der Waals surface area contributed by atoms with Crippen molar-refractivity contribution < 1.29 is 9.47 Å². The van der Waals surface area contributed by atoms with Crippen LogP contribution in [0.15, 0.2) is 16.6 Å². The van der Waals surface area contributed by atoms with Gasteiger partial charge in [-0.1, -0.05) is 0 Å². The van der Waals surface area contributed by atoms with Gasteiger partial charge in [0.15, 0.2) is 0 Å². The quantitative estimate of drug-likeness (QED) is 0.683. The van der Waals surface area contributed by atoms with Gasteiger partial charge in [-0.15, -0.1) is 0 Å². The number of halogens is 1. The maximum atomic E-state index is 5.79.